The zero-order chi connectivity index (χ0) is 23.8. The molecule has 184 valence electrons. The van der Waals surface area contributed by atoms with E-state index in [-0.39, 0.29) is 17.6 Å². The summed E-state index contributed by atoms with van der Waals surface area (Å²) >= 11 is 0. The van der Waals surface area contributed by atoms with Crippen LogP contribution in [0.4, 0.5) is 8.78 Å². The molecule has 0 aromatic heterocycles. The Labute approximate surface area is 200 Å². The van der Waals surface area contributed by atoms with Crippen molar-refractivity contribution in [2.45, 2.75) is 89.3 Å². The molecule has 1 N–H and O–H groups in total. The monoisotopic (exact) mass is 471 g/mol. The summed E-state index contributed by atoms with van der Waals surface area (Å²) in [6.45, 7) is 3.12. The maximum absolute atomic E-state index is 14.1. The molecule has 2 bridgehead atoms. The van der Waals surface area contributed by atoms with E-state index in [4.69, 9.17) is 4.74 Å². The molecule has 6 heteroatoms. The maximum atomic E-state index is 14.1. The van der Waals surface area contributed by atoms with Crippen LogP contribution in [0.3, 0.4) is 0 Å². The van der Waals surface area contributed by atoms with Gasteiger partial charge in [0.1, 0.15) is 5.75 Å². The fraction of sp³-hybridized carbons (Fsp3) is 0.607. The summed E-state index contributed by atoms with van der Waals surface area (Å²) in [6, 6.07) is 10.2. The van der Waals surface area contributed by atoms with E-state index in [9.17, 15) is 18.7 Å². The Bertz CT molecular complexity index is 1020. The zero-order valence-electron chi connectivity index (χ0n) is 19.9. The Balaban J connectivity index is 1.29. The number of nitrogens with zero attached hydrogens (tertiary/aromatic N) is 1. The Kier molecular flexibility index (Phi) is 6.79. The third-order valence-electron chi connectivity index (χ3n) is 8.45. The number of fused-ring (bicyclic) bond motifs is 3. The standard InChI is InChI=1S/C28H35F2NO3/c1-17-2-8-23(9-3-17)34-25-11-5-19-14-18(4-10-24(19)26(25)27(29)30)12-13-31-21-6-7-22(31)16-20(15-21)28(32)33/h4-5,10-11,14,17,20-23,27H,2-3,6-9,12-13,15-16H2,1H3,(H,32,33). The number of rotatable bonds is 7. The van der Waals surface area contributed by atoms with Gasteiger partial charge in [0, 0.05) is 18.6 Å². The van der Waals surface area contributed by atoms with Crippen LogP contribution in [0.25, 0.3) is 10.8 Å². The minimum absolute atomic E-state index is 0.0106. The second kappa shape index (κ2) is 9.80. The molecule has 0 spiro atoms. The first kappa shape index (κ1) is 23.5. The first-order valence-corrected chi connectivity index (χ1v) is 12.9. The highest BCUT2D eigenvalue weighted by atomic mass is 19.3. The Morgan fingerprint density at radius 2 is 1.76 bits per heavy atom. The molecule has 0 radical (unpaired) electrons. The van der Waals surface area contributed by atoms with Gasteiger partial charge in [-0.1, -0.05) is 31.2 Å². The smallest absolute Gasteiger partial charge is 0.306 e. The number of hydrogen-bond acceptors (Lipinski definition) is 3. The average Bonchev–Trinajstić information content (AvgIpc) is 3.04. The van der Waals surface area contributed by atoms with Gasteiger partial charge < -0.3 is 9.84 Å². The molecule has 1 aliphatic carbocycles. The lowest BCUT2D eigenvalue weighted by atomic mass is 9.89. The van der Waals surface area contributed by atoms with Gasteiger partial charge in [-0.3, -0.25) is 9.69 Å². The zero-order valence-corrected chi connectivity index (χ0v) is 19.9. The van der Waals surface area contributed by atoms with Crippen LogP contribution < -0.4 is 4.74 Å². The van der Waals surface area contributed by atoms with Gasteiger partial charge in [0.15, 0.2) is 0 Å². The van der Waals surface area contributed by atoms with Crippen LogP contribution in [0, 0.1) is 11.8 Å². The van der Waals surface area contributed by atoms with Crippen LogP contribution in [-0.2, 0) is 11.2 Å². The van der Waals surface area contributed by atoms with Crippen molar-refractivity contribution < 1.29 is 23.4 Å². The van der Waals surface area contributed by atoms with E-state index in [1.54, 1.807) is 6.07 Å². The SMILES string of the molecule is CC1CCC(Oc2ccc3cc(CCN4C5CCC4CC(C(=O)O)C5)ccc3c2C(F)F)CC1. The summed E-state index contributed by atoms with van der Waals surface area (Å²) in [5.74, 6) is 0.133. The lowest BCUT2D eigenvalue weighted by molar-refractivity contribution is -0.144. The number of benzene rings is 2. The molecule has 2 saturated heterocycles. The lowest BCUT2D eigenvalue weighted by Crippen LogP contribution is -2.45. The van der Waals surface area contributed by atoms with Crippen LogP contribution in [-0.4, -0.2) is 40.7 Å². The van der Waals surface area contributed by atoms with Crippen molar-refractivity contribution in [2.24, 2.45) is 11.8 Å². The van der Waals surface area contributed by atoms with E-state index in [0.29, 0.717) is 29.1 Å². The van der Waals surface area contributed by atoms with Gasteiger partial charge in [-0.25, -0.2) is 8.78 Å². The summed E-state index contributed by atoms with van der Waals surface area (Å²) in [7, 11) is 0. The fourth-order valence-corrected chi connectivity index (χ4v) is 6.49. The van der Waals surface area contributed by atoms with Crippen LogP contribution in [0.1, 0.15) is 75.8 Å². The maximum Gasteiger partial charge on any atom is 0.306 e. The molecule has 5 rings (SSSR count). The van der Waals surface area contributed by atoms with Crippen LogP contribution >= 0.6 is 0 Å². The third-order valence-corrected chi connectivity index (χ3v) is 8.45. The second-order valence-corrected chi connectivity index (χ2v) is 10.7. The molecule has 3 fully saturated rings. The Hall–Kier alpha value is -2.21. The second-order valence-electron chi connectivity index (χ2n) is 10.7. The molecular weight excluding hydrogens is 436 g/mol. The van der Waals surface area contributed by atoms with E-state index in [1.165, 1.54) is 0 Å². The van der Waals surface area contributed by atoms with Gasteiger partial charge in [-0.05, 0) is 86.1 Å². The van der Waals surface area contributed by atoms with Crippen molar-refractivity contribution in [3.05, 3.63) is 41.5 Å². The molecule has 2 aromatic rings. The van der Waals surface area contributed by atoms with Gasteiger partial charge in [0.05, 0.1) is 17.6 Å². The molecule has 2 heterocycles. The minimum Gasteiger partial charge on any atom is -0.490 e. The van der Waals surface area contributed by atoms with E-state index in [2.05, 4.69) is 11.8 Å². The van der Waals surface area contributed by atoms with Crippen molar-refractivity contribution in [1.82, 2.24) is 4.90 Å². The number of halogens is 2. The highest BCUT2D eigenvalue weighted by molar-refractivity contribution is 5.88. The van der Waals surface area contributed by atoms with Gasteiger partial charge in [0.2, 0.25) is 0 Å². The number of carboxylic acid groups (broad SMARTS) is 1. The highest BCUT2D eigenvalue weighted by Gasteiger charge is 2.42. The molecule has 0 amide bonds. The largest absolute Gasteiger partial charge is 0.490 e. The minimum atomic E-state index is -2.58. The topological polar surface area (TPSA) is 49.8 Å². The molecule has 2 atom stereocenters. The number of hydrogen-bond donors (Lipinski definition) is 1. The van der Waals surface area contributed by atoms with Crippen molar-refractivity contribution in [2.75, 3.05) is 6.54 Å². The number of carbonyl (C=O) groups is 1. The van der Waals surface area contributed by atoms with E-state index in [0.717, 1.165) is 75.3 Å². The molecule has 4 nitrogen and oxygen atoms in total. The Morgan fingerprint density at radius 3 is 2.41 bits per heavy atom. The van der Waals surface area contributed by atoms with Crippen molar-refractivity contribution in [3.63, 3.8) is 0 Å². The summed E-state index contributed by atoms with van der Waals surface area (Å²) in [5, 5.41) is 10.8. The number of piperidine rings is 1. The number of aliphatic carboxylic acids is 1. The first-order chi connectivity index (χ1) is 16.4. The number of ether oxygens (including phenoxy) is 1. The normalized spacial score (nSPS) is 29.6. The summed E-state index contributed by atoms with van der Waals surface area (Å²) < 4.78 is 34.3. The number of carboxylic acids is 1. The van der Waals surface area contributed by atoms with Gasteiger partial charge in [-0.2, -0.15) is 0 Å². The molecule has 2 aliphatic heterocycles. The van der Waals surface area contributed by atoms with E-state index >= 15 is 0 Å². The summed E-state index contributed by atoms with van der Waals surface area (Å²) in [6.07, 6.45) is 5.92. The van der Waals surface area contributed by atoms with E-state index < -0.39 is 12.4 Å². The van der Waals surface area contributed by atoms with Gasteiger partial charge in [0.25, 0.3) is 6.43 Å². The molecular formula is C28H35F2NO3. The predicted octanol–water partition coefficient (Wildman–Crippen LogP) is 6.61. The average molecular weight is 472 g/mol. The van der Waals surface area contributed by atoms with Gasteiger partial charge in [-0.15, -0.1) is 0 Å². The fourth-order valence-electron chi connectivity index (χ4n) is 6.49. The third kappa shape index (κ3) is 4.79. The molecule has 1 saturated carbocycles. The molecule has 2 aromatic carbocycles. The molecule has 2 unspecified atom stereocenters. The highest BCUT2D eigenvalue weighted by Crippen LogP contribution is 2.40. The van der Waals surface area contributed by atoms with Gasteiger partial charge >= 0.3 is 5.97 Å². The predicted molar refractivity (Wildman–Crippen MR) is 129 cm³/mol. The Morgan fingerprint density at radius 1 is 1.06 bits per heavy atom. The van der Waals surface area contributed by atoms with Crippen LogP contribution in [0.5, 0.6) is 5.75 Å². The number of alkyl halides is 2. The quantitative estimate of drug-likeness (QED) is 0.494. The first-order valence-electron chi connectivity index (χ1n) is 12.9. The van der Waals surface area contributed by atoms with Crippen molar-refractivity contribution >= 4 is 16.7 Å². The van der Waals surface area contributed by atoms with Crippen molar-refractivity contribution in [1.29, 1.82) is 0 Å². The van der Waals surface area contributed by atoms with E-state index in [1.807, 2.05) is 24.3 Å². The summed E-state index contributed by atoms with van der Waals surface area (Å²) in [5.41, 5.74) is 1.14. The van der Waals surface area contributed by atoms with Crippen LogP contribution in [0.15, 0.2) is 30.3 Å². The van der Waals surface area contributed by atoms with Crippen LogP contribution in [0.2, 0.25) is 0 Å². The molecule has 34 heavy (non-hydrogen) atoms. The lowest BCUT2D eigenvalue weighted by Gasteiger charge is -2.37. The van der Waals surface area contributed by atoms with Crippen molar-refractivity contribution in [3.8, 4) is 5.75 Å². The summed E-state index contributed by atoms with van der Waals surface area (Å²) in [4.78, 5) is 13.9. The molecule has 3 aliphatic rings.